The molecule has 0 radical (unpaired) electrons. The molecule has 2 aromatic rings. The molecule has 1 heterocycles. The van der Waals surface area contributed by atoms with E-state index in [4.69, 9.17) is 5.11 Å². The maximum Gasteiger partial charge on any atom is 0.377 e. The molecule has 0 bridgehead atoms. The first-order valence-electron chi connectivity index (χ1n) is 5.46. The lowest BCUT2D eigenvalue weighted by Gasteiger charge is -2.04. The third-order valence-electron chi connectivity index (χ3n) is 2.53. The number of carbonyl (C=O) groups is 2. The number of aromatic carboxylic acids is 1. The fourth-order valence-electron chi connectivity index (χ4n) is 1.57. The van der Waals surface area contributed by atoms with Gasteiger partial charge in [-0.05, 0) is 6.07 Å². The second kappa shape index (κ2) is 5.36. The van der Waals surface area contributed by atoms with Gasteiger partial charge in [-0.3, -0.25) is 10.1 Å². The van der Waals surface area contributed by atoms with Crippen LogP contribution in [-0.2, 0) is 4.74 Å². The summed E-state index contributed by atoms with van der Waals surface area (Å²) in [4.78, 5) is 36.1. The molecule has 1 aromatic heterocycles. The number of aromatic nitrogens is 3. The number of ether oxygens (including phenoxy) is 1. The van der Waals surface area contributed by atoms with Crippen molar-refractivity contribution >= 4 is 17.6 Å². The second-order valence-corrected chi connectivity index (χ2v) is 3.77. The number of carbonyl (C=O) groups excluding carboxylic acids is 1. The minimum absolute atomic E-state index is 0.0377. The predicted octanol–water partition coefficient (Wildman–Crippen LogP) is 0.660. The molecule has 108 valence electrons. The quantitative estimate of drug-likeness (QED) is 0.492. The average molecular weight is 292 g/mol. The summed E-state index contributed by atoms with van der Waals surface area (Å²) in [6, 6.07) is 3.23. The predicted molar refractivity (Wildman–Crippen MR) is 66.3 cm³/mol. The van der Waals surface area contributed by atoms with E-state index in [-0.39, 0.29) is 22.8 Å². The number of nitro benzene ring substituents is 1. The van der Waals surface area contributed by atoms with Gasteiger partial charge in [0.1, 0.15) is 6.33 Å². The second-order valence-electron chi connectivity index (χ2n) is 3.77. The lowest BCUT2D eigenvalue weighted by atomic mass is 10.1. The molecule has 21 heavy (non-hydrogen) atoms. The number of methoxy groups -OCH3 is 1. The molecule has 0 aliphatic carbocycles. The van der Waals surface area contributed by atoms with Gasteiger partial charge in [0.15, 0.2) is 0 Å². The minimum atomic E-state index is -1.37. The minimum Gasteiger partial charge on any atom is -0.478 e. The zero-order chi connectivity index (χ0) is 15.6. The average Bonchev–Trinajstić information content (AvgIpc) is 2.95. The van der Waals surface area contributed by atoms with E-state index in [0.29, 0.717) is 0 Å². The van der Waals surface area contributed by atoms with Crippen molar-refractivity contribution in [1.29, 1.82) is 0 Å². The molecule has 1 aromatic carbocycles. The SMILES string of the molecule is COC(=O)c1ncn(-c2ccc([N+](=O)[O-])cc2C(=O)O)n1. The summed E-state index contributed by atoms with van der Waals surface area (Å²) in [7, 11) is 1.15. The Labute approximate surface area is 116 Å². The summed E-state index contributed by atoms with van der Waals surface area (Å²) < 4.78 is 5.46. The van der Waals surface area contributed by atoms with Gasteiger partial charge in [-0.25, -0.2) is 19.3 Å². The van der Waals surface area contributed by atoms with E-state index in [1.807, 2.05) is 0 Å². The molecule has 0 spiro atoms. The molecular weight excluding hydrogens is 284 g/mol. The maximum atomic E-state index is 11.3. The smallest absolute Gasteiger partial charge is 0.377 e. The van der Waals surface area contributed by atoms with Gasteiger partial charge in [0, 0.05) is 12.1 Å². The van der Waals surface area contributed by atoms with E-state index in [0.717, 1.165) is 30.3 Å². The number of non-ortho nitro benzene ring substituents is 1. The third-order valence-corrected chi connectivity index (χ3v) is 2.53. The van der Waals surface area contributed by atoms with E-state index in [2.05, 4.69) is 14.8 Å². The molecule has 0 fully saturated rings. The number of nitrogens with zero attached hydrogens (tertiary/aromatic N) is 4. The molecule has 0 aliphatic heterocycles. The number of esters is 1. The van der Waals surface area contributed by atoms with Gasteiger partial charge in [0.05, 0.1) is 23.3 Å². The van der Waals surface area contributed by atoms with Crippen LogP contribution in [0.1, 0.15) is 21.0 Å². The molecule has 1 N–H and O–H groups in total. The Morgan fingerprint density at radius 2 is 2.14 bits per heavy atom. The molecular formula is C11H8N4O6. The third kappa shape index (κ3) is 2.68. The molecule has 0 unspecified atom stereocenters. The molecule has 2 rings (SSSR count). The number of rotatable bonds is 4. The van der Waals surface area contributed by atoms with Crippen molar-refractivity contribution in [2.45, 2.75) is 0 Å². The number of hydrogen-bond donors (Lipinski definition) is 1. The Bertz CT molecular complexity index is 738. The first-order chi connectivity index (χ1) is 9.93. The Morgan fingerprint density at radius 1 is 1.43 bits per heavy atom. The topological polar surface area (TPSA) is 137 Å². The van der Waals surface area contributed by atoms with E-state index < -0.39 is 16.9 Å². The van der Waals surface area contributed by atoms with Crippen molar-refractivity contribution in [3.8, 4) is 5.69 Å². The van der Waals surface area contributed by atoms with E-state index in [9.17, 15) is 19.7 Å². The van der Waals surface area contributed by atoms with Crippen molar-refractivity contribution in [1.82, 2.24) is 14.8 Å². The van der Waals surface area contributed by atoms with Crippen molar-refractivity contribution < 1.29 is 24.4 Å². The highest BCUT2D eigenvalue weighted by atomic mass is 16.6. The lowest BCUT2D eigenvalue weighted by molar-refractivity contribution is -0.384. The van der Waals surface area contributed by atoms with Crippen molar-refractivity contribution in [3.05, 3.63) is 46.0 Å². The van der Waals surface area contributed by atoms with Crippen LogP contribution in [0.3, 0.4) is 0 Å². The Kier molecular flexibility index (Phi) is 3.61. The van der Waals surface area contributed by atoms with Crippen molar-refractivity contribution in [2.24, 2.45) is 0 Å². The van der Waals surface area contributed by atoms with E-state index in [1.54, 1.807) is 0 Å². The van der Waals surface area contributed by atoms with Crippen LogP contribution in [0.4, 0.5) is 5.69 Å². The van der Waals surface area contributed by atoms with Crippen LogP contribution in [-0.4, -0.2) is 43.8 Å². The summed E-state index contributed by atoms with van der Waals surface area (Å²) in [6.45, 7) is 0. The largest absolute Gasteiger partial charge is 0.478 e. The molecule has 0 aliphatic rings. The molecule has 10 nitrogen and oxygen atoms in total. The number of hydrogen-bond acceptors (Lipinski definition) is 7. The Morgan fingerprint density at radius 3 is 2.71 bits per heavy atom. The van der Waals surface area contributed by atoms with Crippen LogP contribution in [0.2, 0.25) is 0 Å². The molecule has 0 atom stereocenters. The molecule has 10 heteroatoms. The van der Waals surface area contributed by atoms with Gasteiger partial charge in [0.25, 0.3) is 11.5 Å². The highest BCUT2D eigenvalue weighted by molar-refractivity contribution is 5.92. The van der Waals surface area contributed by atoms with Gasteiger partial charge in [-0.15, -0.1) is 5.10 Å². The monoisotopic (exact) mass is 292 g/mol. The van der Waals surface area contributed by atoms with Gasteiger partial charge in [-0.2, -0.15) is 0 Å². The summed E-state index contributed by atoms with van der Waals surface area (Å²) >= 11 is 0. The zero-order valence-corrected chi connectivity index (χ0v) is 10.6. The Balaban J connectivity index is 2.53. The fraction of sp³-hybridized carbons (Fsp3) is 0.0909. The van der Waals surface area contributed by atoms with Crippen molar-refractivity contribution in [2.75, 3.05) is 7.11 Å². The van der Waals surface area contributed by atoms with E-state index >= 15 is 0 Å². The maximum absolute atomic E-state index is 11.3. The van der Waals surface area contributed by atoms with Crippen LogP contribution in [0, 0.1) is 10.1 Å². The van der Waals surface area contributed by atoms with Crippen LogP contribution < -0.4 is 0 Å². The number of nitro groups is 1. The highest BCUT2D eigenvalue weighted by Gasteiger charge is 2.19. The number of benzene rings is 1. The van der Waals surface area contributed by atoms with Gasteiger partial charge in [-0.1, -0.05) is 0 Å². The first-order valence-corrected chi connectivity index (χ1v) is 5.46. The summed E-state index contributed by atoms with van der Waals surface area (Å²) in [5.41, 5.74) is -0.675. The normalized spacial score (nSPS) is 10.1. The number of carboxylic acids is 1. The van der Waals surface area contributed by atoms with Crippen molar-refractivity contribution in [3.63, 3.8) is 0 Å². The highest BCUT2D eigenvalue weighted by Crippen LogP contribution is 2.20. The lowest BCUT2D eigenvalue weighted by Crippen LogP contribution is -2.09. The summed E-state index contributed by atoms with van der Waals surface area (Å²) in [6.07, 6.45) is 1.11. The van der Waals surface area contributed by atoms with Gasteiger partial charge in [0.2, 0.25) is 0 Å². The van der Waals surface area contributed by atoms with Gasteiger partial charge < -0.3 is 9.84 Å². The van der Waals surface area contributed by atoms with Crippen LogP contribution >= 0.6 is 0 Å². The van der Waals surface area contributed by atoms with Crippen LogP contribution in [0.5, 0.6) is 0 Å². The van der Waals surface area contributed by atoms with E-state index in [1.165, 1.54) is 6.07 Å². The molecule has 0 saturated carbocycles. The van der Waals surface area contributed by atoms with Crippen LogP contribution in [0.25, 0.3) is 5.69 Å². The zero-order valence-electron chi connectivity index (χ0n) is 10.6. The molecule has 0 amide bonds. The summed E-state index contributed by atoms with van der Waals surface area (Å²) in [5, 5.41) is 23.6. The number of carboxylic acid groups (broad SMARTS) is 1. The standard InChI is InChI=1S/C11H8N4O6/c1-21-11(18)9-12-5-14(13-9)8-3-2-6(15(19)20)4-7(8)10(16)17/h2-5H,1H3,(H,16,17). The molecule has 0 saturated heterocycles. The Hall–Kier alpha value is -3.30. The summed E-state index contributed by atoms with van der Waals surface area (Å²) in [5.74, 6) is -2.41. The van der Waals surface area contributed by atoms with Crippen LogP contribution in [0.15, 0.2) is 24.5 Å². The first kappa shape index (κ1) is 14.1. The fourth-order valence-corrected chi connectivity index (χ4v) is 1.57. The van der Waals surface area contributed by atoms with Gasteiger partial charge >= 0.3 is 11.9 Å².